The maximum Gasteiger partial charge on any atom is 0.322 e. The van der Waals surface area contributed by atoms with Gasteiger partial charge in [-0.05, 0) is 44.2 Å². The van der Waals surface area contributed by atoms with E-state index < -0.39 is 0 Å². The van der Waals surface area contributed by atoms with Gasteiger partial charge in [0.2, 0.25) is 0 Å². The molecule has 138 valence electrons. The summed E-state index contributed by atoms with van der Waals surface area (Å²) in [7, 11) is 0. The van der Waals surface area contributed by atoms with Crippen molar-refractivity contribution in [3.8, 4) is 0 Å². The molecule has 1 N–H and O–H groups in total. The molecule has 1 atom stereocenters. The van der Waals surface area contributed by atoms with Gasteiger partial charge in [-0.15, -0.1) is 0 Å². The van der Waals surface area contributed by atoms with Crippen molar-refractivity contribution in [2.75, 3.05) is 29.9 Å². The van der Waals surface area contributed by atoms with Crippen LogP contribution in [0.25, 0.3) is 10.9 Å². The second-order valence-corrected chi connectivity index (χ2v) is 6.97. The number of carbonyl (C=O) groups excluding carboxylic acids is 1. The number of carbonyl (C=O) groups is 1. The van der Waals surface area contributed by atoms with Gasteiger partial charge in [0.1, 0.15) is 5.82 Å². The minimum Gasteiger partial charge on any atom is -0.353 e. The highest BCUT2D eigenvalue weighted by Gasteiger charge is 2.28. The number of nitrogens with one attached hydrogen (secondary N) is 1. The molecule has 0 spiro atoms. The van der Waals surface area contributed by atoms with Gasteiger partial charge in [0, 0.05) is 48.6 Å². The minimum absolute atomic E-state index is 0.0744. The first-order valence-electron chi connectivity index (χ1n) is 9.21. The van der Waals surface area contributed by atoms with E-state index in [0.29, 0.717) is 6.54 Å². The van der Waals surface area contributed by atoms with E-state index in [0.717, 1.165) is 41.2 Å². The lowest BCUT2D eigenvalue weighted by Crippen LogP contribution is -2.55. The van der Waals surface area contributed by atoms with Gasteiger partial charge in [0.05, 0.1) is 5.52 Å². The number of anilines is 2. The Bertz CT molecular complexity index is 973. The Balaban J connectivity index is 1.43. The summed E-state index contributed by atoms with van der Waals surface area (Å²) in [5.74, 6) is 0.975. The number of hydrogen-bond acceptors (Lipinski definition) is 4. The van der Waals surface area contributed by atoms with Crippen LogP contribution in [0, 0.1) is 6.92 Å². The smallest absolute Gasteiger partial charge is 0.322 e. The molecule has 3 heterocycles. The number of benzene rings is 1. The third-order valence-electron chi connectivity index (χ3n) is 4.94. The first-order chi connectivity index (χ1) is 13.1. The van der Waals surface area contributed by atoms with E-state index in [1.54, 1.807) is 6.20 Å². The zero-order valence-corrected chi connectivity index (χ0v) is 15.6. The van der Waals surface area contributed by atoms with Gasteiger partial charge in [-0.3, -0.25) is 4.98 Å². The highest BCUT2D eigenvalue weighted by molar-refractivity contribution is 5.92. The van der Waals surface area contributed by atoms with Crippen LogP contribution < -0.4 is 10.2 Å². The Morgan fingerprint density at radius 3 is 2.85 bits per heavy atom. The molecular weight excluding hydrogens is 338 g/mol. The van der Waals surface area contributed by atoms with E-state index in [2.05, 4.69) is 27.1 Å². The number of rotatable bonds is 2. The van der Waals surface area contributed by atoms with Crippen LogP contribution in [0.4, 0.5) is 16.3 Å². The molecule has 4 rings (SSSR count). The number of aromatic nitrogens is 2. The van der Waals surface area contributed by atoms with Crippen LogP contribution in [0.15, 0.2) is 54.7 Å². The van der Waals surface area contributed by atoms with E-state index in [4.69, 9.17) is 0 Å². The van der Waals surface area contributed by atoms with Crippen molar-refractivity contribution >= 4 is 28.4 Å². The zero-order valence-electron chi connectivity index (χ0n) is 15.6. The summed E-state index contributed by atoms with van der Waals surface area (Å²) >= 11 is 0. The summed E-state index contributed by atoms with van der Waals surface area (Å²) in [5, 5.41) is 4.07. The molecule has 0 aliphatic carbocycles. The fraction of sp³-hybridized carbons (Fsp3) is 0.286. The number of fused-ring (bicyclic) bond motifs is 1. The summed E-state index contributed by atoms with van der Waals surface area (Å²) in [5.41, 5.74) is 2.64. The molecule has 1 aromatic carbocycles. The van der Waals surface area contributed by atoms with E-state index in [-0.39, 0.29) is 12.1 Å². The predicted octanol–water partition coefficient (Wildman–Crippen LogP) is 3.68. The molecule has 1 saturated heterocycles. The molecule has 6 nitrogen and oxygen atoms in total. The first kappa shape index (κ1) is 17.3. The molecule has 1 aliphatic rings. The lowest BCUT2D eigenvalue weighted by molar-refractivity contribution is 0.184. The summed E-state index contributed by atoms with van der Waals surface area (Å²) in [6, 6.07) is 15.8. The monoisotopic (exact) mass is 361 g/mol. The van der Waals surface area contributed by atoms with Gasteiger partial charge in [-0.25, -0.2) is 9.78 Å². The number of aryl methyl sites for hydroxylation is 1. The highest BCUT2D eigenvalue weighted by atomic mass is 16.2. The van der Waals surface area contributed by atoms with Crippen LogP contribution in [0.1, 0.15) is 12.6 Å². The summed E-state index contributed by atoms with van der Waals surface area (Å²) < 4.78 is 0. The molecule has 0 saturated carbocycles. The molecule has 6 heteroatoms. The Hall–Kier alpha value is -3.15. The molecule has 0 radical (unpaired) electrons. The maximum absolute atomic E-state index is 12.8. The Morgan fingerprint density at radius 1 is 1.15 bits per heavy atom. The summed E-state index contributed by atoms with van der Waals surface area (Å²) in [6.45, 7) is 6.27. The quantitative estimate of drug-likeness (QED) is 0.756. The third kappa shape index (κ3) is 3.69. The Kier molecular flexibility index (Phi) is 4.62. The van der Waals surface area contributed by atoms with Crippen LogP contribution in [0.2, 0.25) is 0 Å². The molecule has 0 bridgehead atoms. The predicted molar refractivity (Wildman–Crippen MR) is 108 cm³/mol. The molecule has 2 amide bonds. The average molecular weight is 361 g/mol. The Labute approximate surface area is 158 Å². The fourth-order valence-electron chi connectivity index (χ4n) is 3.51. The van der Waals surface area contributed by atoms with Crippen LogP contribution in [0.5, 0.6) is 0 Å². The maximum atomic E-state index is 12.8. The largest absolute Gasteiger partial charge is 0.353 e. The van der Waals surface area contributed by atoms with Crippen molar-refractivity contribution in [3.63, 3.8) is 0 Å². The van der Waals surface area contributed by atoms with Crippen molar-refractivity contribution in [2.24, 2.45) is 0 Å². The molecule has 2 aromatic heterocycles. The second kappa shape index (κ2) is 7.23. The number of piperazine rings is 1. The van der Waals surface area contributed by atoms with Crippen LogP contribution in [-0.2, 0) is 0 Å². The number of amides is 2. The standard InChI is InChI=1S/C21H23N5O/c1-15-5-3-7-20(23-15)25-11-12-26(16(2)14-25)21(27)24-18-9-8-17-6-4-10-22-19(17)13-18/h3-10,13,16H,11-12,14H2,1-2H3,(H,24,27)/t16-/m1/s1. The van der Waals surface area contributed by atoms with Gasteiger partial charge in [-0.2, -0.15) is 0 Å². The number of nitrogens with zero attached hydrogens (tertiary/aromatic N) is 4. The molecular formula is C21H23N5O. The second-order valence-electron chi connectivity index (χ2n) is 6.97. The SMILES string of the molecule is Cc1cccc(N2CCN(C(=O)Nc3ccc4cccnc4c3)[C@H](C)C2)n1. The molecule has 1 fully saturated rings. The van der Waals surface area contributed by atoms with Crippen molar-refractivity contribution in [2.45, 2.75) is 19.9 Å². The van der Waals surface area contributed by atoms with Gasteiger partial charge in [-0.1, -0.05) is 18.2 Å². The highest BCUT2D eigenvalue weighted by Crippen LogP contribution is 2.20. The zero-order chi connectivity index (χ0) is 18.8. The van der Waals surface area contributed by atoms with Crippen molar-refractivity contribution in [1.29, 1.82) is 0 Å². The van der Waals surface area contributed by atoms with E-state index >= 15 is 0 Å². The Morgan fingerprint density at radius 2 is 2.04 bits per heavy atom. The van der Waals surface area contributed by atoms with E-state index in [9.17, 15) is 4.79 Å². The number of urea groups is 1. The number of pyridine rings is 2. The number of hydrogen-bond donors (Lipinski definition) is 1. The first-order valence-corrected chi connectivity index (χ1v) is 9.21. The lowest BCUT2D eigenvalue weighted by Gasteiger charge is -2.40. The van der Waals surface area contributed by atoms with Gasteiger partial charge < -0.3 is 15.1 Å². The summed E-state index contributed by atoms with van der Waals surface area (Å²) in [6.07, 6.45) is 1.76. The fourth-order valence-corrected chi connectivity index (χ4v) is 3.51. The van der Waals surface area contributed by atoms with E-state index in [1.807, 2.05) is 60.4 Å². The van der Waals surface area contributed by atoms with Crippen molar-refractivity contribution in [3.05, 3.63) is 60.4 Å². The van der Waals surface area contributed by atoms with Crippen LogP contribution in [-0.4, -0.2) is 46.6 Å². The van der Waals surface area contributed by atoms with Crippen molar-refractivity contribution < 1.29 is 4.79 Å². The van der Waals surface area contributed by atoms with E-state index in [1.165, 1.54) is 0 Å². The molecule has 27 heavy (non-hydrogen) atoms. The normalized spacial score (nSPS) is 17.2. The van der Waals surface area contributed by atoms with Crippen LogP contribution in [0.3, 0.4) is 0 Å². The lowest BCUT2D eigenvalue weighted by atomic mass is 10.2. The molecule has 1 aliphatic heterocycles. The minimum atomic E-state index is -0.0744. The molecule has 0 unspecified atom stereocenters. The molecule has 3 aromatic rings. The average Bonchev–Trinajstić information content (AvgIpc) is 2.67. The van der Waals surface area contributed by atoms with Crippen LogP contribution >= 0.6 is 0 Å². The van der Waals surface area contributed by atoms with Gasteiger partial charge in [0.25, 0.3) is 0 Å². The third-order valence-corrected chi connectivity index (χ3v) is 4.94. The van der Waals surface area contributed by atoms with Crippen molar-refractivity contribution in [1.82, 2.24) is 14.9 Å². The van der Waals surface area contributed by atoms with Gasteiger partial charge in [0.15, 0.2) is 0 Å². The summed E-state index contributed by atoms with van der Waals surface area (Å²) in [4.78, 5) is 25.8. The van der Waals surface area contributed by atoms with Gasteiger partial charge >= 0.3 is 6.03 Å². The topological polar surface area (TPSA) is 61.4 Å².